The second kappa shape index (κ2) is 6.86. The van der Waals surface area contributed by atoms with Crippen molar-refractivity contribution >= 4 is 15.9 Å². The van der Waals surface area contributed by atoms with E-state index in [1.54, 1.807) is 6.92 Å². The number of sulfonamides is 1. The summed E-state index contributed by atoms with van der Waals surface area (Å²) in [5.74, 6) is -5.79. The average Bonchev–Trinajstić information content (AvgIpc) is 2.64. The van der Waals surface area contributed by atoms with E-state index in [4.69, 9.17) is 4.74 Å². The van der Waals surface area contributed by atoms with Gasteiger partial charge in [0.25, 0.3) is 5.92 Å². The Hall–Kier alpha value is -0.760. The summed E-state index contributed by atoms with van der Waals surface area (Å²) in [6.07, 6.45) is 1.05. The van der Waals surface area contributed by atoms with Crippen LogP contribution in [0.4, 0.5) is 8.78 Å². The fraction of sp³-hybridized carbons (Fsp3) is 0.938. The number of fused-ring (bicyclic) bond motifs is 1. The molecule has 1 saturated heterocycles. The summed E-state index contributed by atoms with van der Waals surface area (Å²) in [5, 5.41) is -1.22. The number of halogens is 2. The van der Waals surface area contributed by atoms with Crippen LogP contribution in [-0.4, -0.2) is 49.1 Å². The maximum atomic E-state index is 14.4. The molecule has 5 nitrogen and oxygen atoms in total. The Balaban J connectivity index is 2.33. The molecule has 1 amide bonds. The predicted molar refractivity (Wildman–Crippen MR) is 86.1 cm³/mol. The van der Waals surface area contributed by atoms with E-state index in [1.165, 1.54) is 13.8 Å². The van der Waals surface area contributed by atoms with Crippen LogP contribution in [0.25, 0.3) is 0 Å². The van der Waals surface area contributed by atoms with Crippen LogP contribution in [0.5, 0.6) is 0 Å². The first-order valence-electron chi connectivity index (χ1n) is 8.55. The molecule has 2 aliphatic rings. The van der Waals surface area contributed by atoms with Crippen LogP contribution >= 0.6 is 0 Å². The standard InChI is InChI=1S/C16H27F2NO4S/c1-5-6-7-23-9-13-10(2)16(17,18)8-14-15(13)11(3)19(12(4)20)24(14,21)22/h10-11,13-15H,5-9H2,1-4H3/t10-,11+,13-,14+,15-/m0/s1. The Bertz CT molecular complexity index is 581. The van der Waals surface area contributed by atoms with Gasteiger partial charge in [0, 0.05) is 37.8 Å². The average molecular weight is 367 g/mol. The van der Waals surface area contributed by atoms with Crippen molar-refractivity contribution in [2.45, 2.75) is 64.2 Å². The zero-order chi connectivity index (χ0) is 18.3. The number of rotatable bonds is 5. The molecule has 0 N–H and O–H groups in total. The fourth-order valence-electron chi connectivity index (χ4n) is 4.21. The van der Waals surface area contributed by atoms with E-state index in [0.29, 0.717) is 6.61 Å². The molecule has 0 radical (unpaired) electrons. The molecule has 24 heavy (non-hydrogen) atoms. The number of hydrogen-bond donors (Lipinski definition) is 0. The van der Waals surface area contributed by atoms with Gasteiger partial charge in [-0.3, -0.25) is 4.79 Å². The van der Waals surface area contributed by atoms with E-state index in [-0.39, 0.29) is 6.61 Å². The summed E-state index contributed by atoms with van der Waals surface area (Å²) in [6, 6.07) is -0.615. The van der Waals surface area contributed by atoms with Crippen LogP contribution in [0, 0.1) is 17.8 Å². The molecule has 0 aromatic rings. The van der Waals surface area contributed by atoms with E-state index in [2.05, 4.69) is 0 Å². The number of unbranched alkanes of at least 4 members (excludes halogenated alkanes) is 1. The Kier molecular flexibility index (Phi) is 5.59. The first kappa shape index (κ1) is 19.6. The van der Waals surface area contributed by atoms with Crippen molar-refractivity contribution in [1.82, 2.24) is 4.31 Å². The van der Waals surface area contributed by atoms with Crippen molar-refractivity contribution in [2.75, 3.05) is 13.2 Å². The number of carbonyl (C=O) groups is 1. The van der Waals surface area contributed by atoms with Gasteiger partial charge in [0.05, 0.1) is 11.9 Å². The van der Waals surface area contributed by atoms with Gasteiger partial charge in [-0.25, -0.2) is 21.5 Å². The SMILES string of the molecule is CCCCOC[C@@H]1[C@@H]2[C@@H](C)N(C(C)=O)S(=O)(=O)[C@@H]2CC(F)(F)[C@H]1C. The third-order valence-electron chi connectivity index (χ3n) is 5.55. The molecule has 5 atom stereocenters. The Morgan fingerprint density at radius 2 is 1.96 bits per heavy atom. The number of nitrogens with zero attached hydrogens (tertiary/aromatic N) is 1. The topological polar surface area (TPSA) is 63.7 Å². The van der Waals surface area contributed by atoms with E-state index in [1.807, 2.05) is 6.92 Å². The molecule has 0 aromatic heterocycles. The lowest BCUT2D eigenvalue weighted by atomic mass is 9.68. The lowest BCUT2D eigenvalue weighted by Gasteiger charge is -2.42. The third kappa shape index (κ3) is 3.19. The first-order chi connectivity index (χ1) is 11.1. The van der Waals surface area contributed by atoms with Crippen molar-refractivity contribution in [3.8, 4) is 0 Å². The summed E-state index contributed by atoms with van der Waals surface area (Å²) in [7, 11) is -4.05. The highest BCUT2D eigenvalue weighted by Crippen LogP contribution is 2.53. The van der Waals surface area contributed by atoms with Crippen LogP contribution in [-0.2, 0) is 19.6 Å². The van der Waals surface area contributed by atoms with E-state index in [0.717, 1.165) is 17.1 Å². The molecule has 0 aromatic carbocycles. The molecule has 1 aliphatic carbocycles. The highest BCUT2D eigenvalue weighted by atomic mass is 32.2. The van der Waals surface area contributed by atoms with Gasteiger partial charge in [0.1, 0.15) is 0 Å². The maximum Gasteiger partial charge on any atom is 0.252 e. The lowest BCUT2D eigenvalue weighted by Crippen LogP contribution is -2.51. The summed E-state index contributed by atoms with van der Waals surface area (Å²) >= 11 is 0. The van der Waals surface area contributed by atoms with Gasteiger partial charge in [0.2, 0.25) is 15.9 Å². The van der Waals surface area contributed by atoms with Gasteiger partial charge >= 0.3 is 0 Å². The smallest absolute Gasteiger partial charge is 0.252 e. The molecule has 1 heterocycles. The number of hydrogen-bond acceptors (Lipinski definition) is 4. The molecule has 0 spiro atoms. The molecule has 2 rings (SSSR count). The Morgan fingerprint density at radius 3 is 2.50 bits per heavy atom. The minimum atomic E-state index is -4.05. The first-order valence-corrected chi connectivity index (χ1v) is 10.0. The molecular weight excluding hydrogens is 340 g/mol. The largest absolute Gasteiger partial charge is 0.381 e. The zero-order valence-corrected chi connectivity index (χ0v) is 15.5. The highest BCUT2D eigenvalue weighted by Gasteiger charge is 2.64. The summed E-state index contributed by atoms with van der Waals surface area (Å²) in [4.78, 5) is 11.8. The van der Waals surface area contributed by atoms with Crippen LogP contribution in [0.3, 0.4) is 0 Å². The molecule has 0 bridgehead atoms. The highest BCUT2D eigenvalue weighted by molar-refractivity contribution is 7.90. The Labute approximate surface area is 142 Å². The zero-order valence-electron chi connectivity index (χ0n) is 14.7. The molecule has 1 aliphatic heterocycles. The van der Waals surface area contributed by atoms with Gasteiger partial charge < -0.3 is 4.74 Å². The molecule has 140 valence electrons. The van der Waals surface area contributed by atoms with Crippen molar-refractivity contribution in [3.05, 3.63) is 0 Å². The van der Waals surface area contributed by atoms with Gasteiger partial charge in [-0.05, 0) is 19.3 Å². The number of carbonyl (C=O) groups excluding carboxylic acids is 1. The van der Waals surface area contributed by atoms with Gasteiger partial charge in [-0.2, -0.15) is 0 Å². The van der Waals surface area contributed by atoms with Crippen molar-refractivity contribution < 1.29 is 26.7 Å². The Morgan fingerprint density at radius 1 is 1.33 bits per heavy atom. The normalized spacial score (nSPS) is 37.2. The van der Waals surface area contributed by atoms with Gasteiger partial charge in [0.15, 0.2) is 0 Å². The van der Waals surface area contributed by atoms with Gasteiger partial charge in [-0.15, -0.1) is 0 Å². The minimum absolute atomic E-state index is 0.101. The van der Waals surface area contributed by atoms with E-state index >= 15 is 0 Å². The molecule has 1 saturated carbocycles. The number of alkyl halides is 2. The van der Waals surface area contributed by atoms with Crippen LogP contribution in [0.15, 0.2) is 0 Å². The van der Waals surface area contributed by atoms with Gasteiger partial charge in [-0.1, -0.05) is 20.3 Å². The second-order valence-electron chi connectivity index (χ2n) is 7.06. The number of amides is 1. The maximum absolute atomic E-state index is 14.4. The lowest BCUT2D eigenvalue weighted by molar-refractivity contribution is -0.137. The van der Waals surface area contributed by atoms with E-state index < -0.39 is 57.3 Å². The summed E-state index contributed by atoms with van der Waals surface area (Å²) < 4.78 is 60.5. The summed E-state index contributed by atoms with van der Waals surface area (Å²) in [6.45, 7) is 6.84. The van der Waals surface area contributed by atoms with E-state index in [9.17, 15) is 22.0 Å². The van der Waals surface area contributed by atoms with Crippen LogP contribution < -0.4 is 0 Å². The van der Waals surface area contributed by atoms with Crippen molar-refractivity contribution in [2.24, 2.45) is 17.8 Å². The summed E-state index contributed by atoms with van der Waals surface area (Å²) in [5.41, 5.74) is 0. The predicted octanol–water partition coefficient (Wildman–Crippen LogP) is 2.66. The quantitative estimate of drug-likeness (QED) is 0.701. The van der Waals surface area contributed by atoms with Crippen LogP contribution in [0.1, 0.15) is 47.0 Å². The molecule has 2 fully saturated rings. The fourth-order valence-corrected chi connectivity index (χ4v) is 6.72. The van der Waals surface area contributed by atoms with Crippen molar-refractivity contribution in [1.29, 1.82) is 0 Å². The second-order valence-corrected chi connectivity index (χ2v) is 9.09. The number of ether oxygens (including phenoxy) is 1. The monoisotopic (exact) mass is 367 g/mol. The van der Waals surface area contributed by atoms with Crippen LogP contribution in [0.2, 0.25) is 0 Å². The molecular formula is C16H27F2NO4S. The third-order valence-corrected chi connectivity index (χ3v) is 7.94. The minimum Gasteiger partial charge on any atom is -0.381 e. The molecule has 0 unspecified atom stereocenters. The molecule has 8 heteroatoms. The van der Waals surface area contributed by atoms with Crippen molar-refractivity contribution in [3.63, 3.8) is 0 Å².